The maximum atomic E-state index is 4.31. The van der Waals surface area contributed by atoms with Gasteiger partial charge in [-0.1, -0.05) is 47.7 Å². The van der Waals surface area contributed by atoms with Gasteiger partial charge in [0.1, 0.15) is 5.01 Å². The molecule has 8 heteroatoms. The number of anilines is 1. The van der Waals surface area contributed by atoms with Gasteiger partial charge in [-0.2, -0.15) is 0 Å². The molecule has 4 aromatic rings. The Balaban J connectivity index is 0.00000272. The SMILES string of the molecule is CCN(CC[n+]1ccccc1)c1ccc(/N=N/c2nnc(-c3ccccc3)s2)cc1.[Br-]. The molecule has 0 bridgehead atoms. The first-order chi connectivity index (χ1) is 14.8. The fraction of sp³-hybridized carbons (Fsp3) is 0.174. The highest BCUT2D eigenvalue weighted by Gasteiger charge is 2.08. The Morgan fingerprint density at radius 1 is 0.871 bits per heavy atom. The van der Waals surface area contributed by atoms with E-state index >= 15 is 0 Å². The predicted molar refractivity (Wildman–Crippen MR) is 120 cm³/mol. The Morgan fingerprint density at radius 3 is 2.29 bits per heavy atom. The quantitative estimate of drug-likeness (QED) is 0.279. The standard InChI is InChI=1S/C23H23N6S.BrH/c1-2-29(18-17-28-15-7-4-8-16-28)21-13-11-20(12-14-21)24-26-23-27-25-22(30-23)19-9-5-3-6-10-19;/h3-16H,2,17-18H2,1H3;1H/q+1;/p-1/b26-24+;. The summed E-state index contributed by atoms with van der Waals surface area (Å²) in [5, 5.41) is 18.3. The van der Waals surface area contributed by atoms with Gasteiger partial charge in [0.2, 0.25) is 0 Å². The highest BCUT2D eigenvalue weighted by molar-refractivity contribution is 7.18. The zero-order chi connectivity index (χ0) is 20.6. The largest absolute Gasteiger partial charge is 1.00 e. The number of hydrogen-bond acceptors (Lipinski definition) is 6. The Labute approximate surface area is 196 Å². The summed E-state index contributed by atoms with van der Waals surface area (Å²) in [5.74, 6) is 0. The van der Waals surface area contributed by atoms with Crippen LogP contribution < -0.4 is 26.4 Å². The summed E-state index contributed by atoms with van der Waals surface area (Å²) in [7, 11) is 0. The van der Waals surface area contributed by atoms with Gasteiger partial charge in [-0.05, 0) is 31.2 Å². The average Bonchev–Trinajstić information content (AvgIpc) is 3.29. The smallest absolute Gasteiger partial charge is 0.252 e. The number of likely N-dealkylation sites (N-methyl/N-ethyl adjacent to an activating group) is 1. The van der Waals surface area contributed by atoms with Gasteiger partial charge in [0.05, 0.1) is 12.2 Å². The lowest BCUT2D eigenvalue weighted by Crippen LogP contribution is -3.00. The minimum absolute atomic E-state index is 0. The fourth-order valence-electron chi connectivity index (χ4n) is 3.07. The molecule has 158 valence electrons. The van der Waals surface area contributed by atoms with Crippen molar-refractivity contribution >= 4 is 27.8 Å². The number of pyridine rings is 1. The Bertz CT molecular complexity index is 1080. The Hall–Kier alpha value is -2.97. The van der Waals surface area contributed by atoms with Crippen molar-refractivity contribution in [3.05, 3.63) is 85.2 Å². The summed E-state index contributed by atoms with van der Waals surface area (Å²) < 4.78 is 2.19. The zero-order valence-electron chi connectivity index (χ0n) is 17.2. The number of benzene rings is 2. The molecule has 0 unspecified atom stereocenters. The van der Waals surface area contributed by atoms with Gasteiger partial charge >= 0.3 is 0 Å². The molecular formula is C23H23BrN6S. The Kier molecular flexibility index (Phi) is 8.37. The number of nitrogens with zero attached hydrogens (tertiary/aromatic N) is 6. The molecule has 2 aromatic heterocycles. The normalized spacial score (nSPS) is 10.7. The molecule has 6 nitrogen and oxygen atoms in total. The molecule has 31 heavy (non-hydrogen) atoms. The van der Waals surface area contributed by atoms with Crippen LogP contribution in [0.5, 0.6) is 0 Å². The molecule has 0 atom stereocenters. The number of rotatable bonds is 8. The highest BCUT2D eigenvalue weighted by Crippen LogP contribution is 2.29. The first-order valence-electron chi connectivity index (χ1n) is 9.91. The molecule has 0 N–H and O–H groups in total. The van der Waals surface area contributed by atoms with Crippen LogP contribution in [0.15, 0.2) is 95.4 Å². The van der Waals surface area contributed by atoms with Crippen molar-refractivity contribution in [2.45, 2.75) is 13.5 Å². The van der Waals surface area contributed by atoms with Crippen LogP contribution in [-0.4, -0.2) is 23.3 Å². The first kappa shape index (κ1) is 22.7. The third-order valence-electron chi connectivity index (χ3n) is 4.69. The Morgan fingerprint density at radius 2 is 1.58 bits per heavy atom. The molecule has 0 radical (unpaired) electrons. The van der Waals surface area contributed by atoms with Crippen molar-refractivity contribution in [3.8, 4) is 10.6 Å². The predicted octanol–water partition coefficient (Wildman–Crippen LogP) is 2.44. The van der Waals surface area contributed by atoms with Crippen molar-refractivity contribution in [2.75, 3.05) is 18.0 Å². The van der Waals surface area contributed by atoms with E-state index in [1.54, 1.807) is 0 Å². The third-order valence-corrected chi connectivity index (χ3v) is 5.54. The van der Waals surface area contributed by atoms with E-state index in [-0.39, 0.29) is 17.0 Å². The van der Waals surface area contributed by atoms with Gasteiger partial charge in [0, 0.05) is 29.9 Å². The molecule has 0 amide bonds. The van der Waals surface area contributed by atoms with Crippen LogP contribution in [-0.2, 0) is 6.54 Å². The van der Waals surface area contributed by atoms with Crippen LogP contribution in [0, 0.1) is 0 Å². The maximum Gasteiger partial charge on any atom is 0.252 e. The van der Waals surface area contributed by atoms with Crippen LogP contribution in [0.1, 0.15) is 6.92 Å². The molecule has 0 aliphatic rings. The van der Waals surface area contributed by atoms with Gasteiger partial charge < -0.3 is 21.9 Å². The van der Waals surface area contributed by atoms with Crippen LogP contribution in [0.2, 0.25) is 0 Å². The summed E-state index contributed by atoms with van der Waals surface area (Å²) >= 11 is 1.43. The molecule has 0 aliphatic carbocycles. The number of halogens is 1. The van der Waals surface area contributed by atoms with E-state index in [9.17, 15) is 0 Å². The number of aromatic nitrogens is 3. The van der Waals surface area contributed by atoms with Crippen molar-refractivity contribution in [1.29, 1.82) is 0 Å². The van der Waals surface area contributed by atoms with E-state index in [1.807, 2.05) is 48.5 Å². The topological polar surface area (TPSA) is 57.6 Å². The number of azo groups is 1. The van der Waals surface area contributed by atoms with E-state index in [1.165, 1.54) is 17.0 Å². The summed E-state index contributed by atoms with van der Waals surface area (Å²) in [6, 6.07) is 24.2. The van der Waals surface area contributed by atoms with Crippen LogP contribution >= 0.6 is 11.3 Å². The molecule has 2 heterocycles. The van der Waals surface area contributed by atoms with Gasteiger partial charge in [-0.15, -0.1) is 20.4 Å². The fourth-order valence-corrected chi connectivity index (χ4v) is 3.75. The van der Waals surface area contributed by atoms with E-state index < -0.39 is 0 Å². The molecular weight excluding hydrogens is 472 g/mol. The second-order valence-electron chi connectivity index (χ2n) is 6.67. The lowest BCUT2D eigenvalue weighted by atomic mass is 10.2. The highest BCUT2D eigenvalue weighted by atomic mass is 79.9. The summed E-state index contributed by atoms with van der Waals surface area (Å²) in [6.07, 6.45) is 4.18. The van der Waals surface area contributed by atoms with E-state index in [2.05, 4.69) is 73.5 Å². The van der Waals surface area contributed by atoms with Gasteiger partial charge in [0.25, 0.3) is 5.13 Å². The minimum Gasteiger partial charge on any atom is -1.00 e. The first-order valence-corrected chi connectivity index (χ1v) is 10.7. The third kappa shape index (κ3) is 6.26. The maximum absolute atomic E-state index is 4.31. The second-order valence-corrected chi connectivity index (χ2v) is 7.62. The van der Waals surface area contributed by atoms with Crippen molar-refractivity contribution in [1.82, 2.24) is 10.2 Å². The summed E-state index contributed by atoms with van der Waals surface area (Å²) in [5.41, 5.74) is 3.01. The van der Waals surface area contributed by atoms with Crippen LogP contribution in [0.25, 0.3) is 10.6 Å². The number of hydrogen-bond donors (Lipinski definition) is 0. The molecule has 4 rings (SSSR count). The monoisotopic (exact) mass is 494 g/mol. The lowest BCUT2D eigenvalue weighted by Gasteiger charge is -2.21. The van der Waals surface area contributed by atoms with Gasteiger partial charge in [-0.25, -0.2) is 4.57 Å². The molecule has 0 saturated heterocycles. The van der Waals surface area contributed by atoms with E-state index in [0.717, 1.165) is 35.9 Å². The van der Waals surface area contributed by atoms with E-state index in [4.69, 9.17) is 0 Å². The lowest BCUT2D eigenvalue weighted by molar-refractivity contribution is -0.694. The van der Waals surface area contributed by atoms with E-state index in [0.29, 0.717) is 5.13 Å². The average molecular weight is 495 g/mol. The van der Waals surface area contributed by atoms with Crippen LogP contribution in [0.4, 0.5) is 16.5 Å². The van der Waals surface area contributed by atoms with Gasteiger partial charge in [0.15, 0.2) is 18.9 Å². The molecule has 0 spiro atoms. The zero-order valence-corrected chi connectivity index (χ0v) is 19.6. The molecule has 2 aromatic carbocycles. The summed E-state index contributed by atoms with van der Waals surface area (Å²) in [6.45, 7) is 5.00. The van der Waals surface area contributed by atoms with Crippen molar-refractivity contribution in [2.24, 2.45) is 10.2 Å². The van der Waals surface area contributed by atoms with Crippen molar-refractivity contribution < 1.29 is 21.5 Å². The minimum atomic E-state index is 0. The molecule has 0 fully saturated rings. The summed E-state index contributed by atoms with van der Waals surface area (Å²) in [4.78, 5) is 2.35. The van der Waals surface area contributed by atoms with Gasteiger partial charge in [-0.3, -0.25) is 0 Å². The van der Waals surface area contributed by atoms with Crippen molar-refractivity contribution in [3.63, 3.8) is 0 Å². The second kappa shape index (κ2) is 11.4. The molecule has 0 aliphatic heterocycles. The van der Waals surface area contributed by atoms with Crippen LogP contribution in [0.3, 0.4) is 0 Å². The molecule has 0 saturated carbocycles.